The molecule has 0 unspecified atom stereocenters. The summed E-state index contributed by atoms with van der Waals surface area (Å²) in [7, 11) is 0. The van der Waals surface area contributed by atoms with E-state index in [1.54, 1.807) is 0 Å². The zero-order valence-corrected chi connectivity index (χ0v) is 13.9. The number of hydrogen-bond acceptors (Lipinski definition) is 6. The molecule has 128 valence electrons. The number of hydrogen-bond donors (Lipinski definition) is 1. The molecule has 1 saturated carbocycles. The van der Waals surface area contributed by atoms with Crippen LogP contribution in [0, 0.1) is 0 Å². The lowest BCUT2D eigenvalue weighted by atomic mass is 10.1. The number of likely N-dealkylation sites (tertiary alicyclic amines) is 2. The van der Waals surface area contributed by atoms with E-state index < -0.39 is 0 Å². The van der Waals surface area contributed by atoms with Gasteiger partial charge in [-0.3, -0.25) is 9.80 Å². The van der Waals surface area contributed by atoms with Crippen LogP contribution in [0.5, 0.6) is 0 Å². The van der Waals surface area contributed by atoms with Crippen LogP contribution >= 0.6 is 0 Å². The Morgan fingerprint density at radius 3 is 2.61 bits per heavy atom. The van der Waals surface area contributed by atoms with Gasteiger partial charge < -0.3 is 9.63 Å². The van der Waals surface area contributed by atoms with Gasteiger partial charge in [0.2, 0.25) is 5.89 Å². The number of aliphatic hydroxyl groups is 1. The average molecular weight is 320 g/mol. The van der Waals surface area contributed by atoms with Crippen molar-refractivity contribution in [3.63, 3.8) is 0 Å². The summed E-state index contributed by atoms with van der Waals surface area (Å²) in [5.41, 5.74) is 0. The monoisotopic (exact) mass is 320 g/mol. The fourth-order valence-corrected chi connectivity index (χ4v) is 4.46. The van der Waals surface area contributed by atoms with Gasteiger partial charge in [0, 0.05) is 25.0 Å². The maximum absolute atomic E-state index is 10.4. The molecule has 6 nitrogen and oxygen atoms in total. The Morgan fingerprint density at radius 2 is 1.83 bits per heavy atom. The summed E-state index contributed by atoms with van der Waals surface area (Å²) < 4.78 is 5.47. The Labute approximate surface area is 137 Å². The molecule has 0 radical (unpaired) electrons. The van der Waals surface area contributed by atoms with Crippen molar-refractivity contribution in [3.8, 4) is 0 Å². The highest BCUT2D eigenvalue weighted by atomic mass is 16.5. The summed E-state index contributed by atoms with van der Waals surface area (Å²) in [4.78, 5) is 9.34. The topological polar surface area (TPSA) is 65.6 Å². The number of nitrogens with zero attached hydrogens (tertiary/aromatic N) is 4. The van der Waals surface area contributed by atoms with Crippen LogP contribution in [-0.2, 0) is 6.54 Å². The normalized spacial score (nSPS) is 31.2. The molecular formula is C17H28N4O2. The lowest BCUT2D eigenvalue weighted by Crippen LogP contribution is -2.45. The SMILES string of the molecule is O[C@@H]1CN(Cc2noc(C3CCCC3)n2)C[C@H]1N1CCCCC1. The van der Waals surface area contributed by atoms with Gasteiger partial charge in [-0.05, 0) is 38.8 Å². The van der Waals surface area contributed by atoms with E-state index in [0.29, 0.717) is 19.0 Å². The van der Waals surface area contributed by atoms with E-state index in [-0.39, 0.29) is 12.1 Å². The smallest absolute Gasteiger partial charge is 0.229 e. The number of aromatic nitrogens is 2. The van der Waals surface area contributed by atoms with Crippen LogP contribution < -0.4 is 0 Å². The molecule has 3 heterocycles. The molecule has 0 bridgehead atoms. The summed E-state index contributed by atoms with van der Waals surface area (Å²) >= 11 is 0. The van der Waals surface area contributed by atoms with Crippen LogP contribution in [0.2, 0.25) is 0 Å². The third kappa shape index (κ3) is 3.44. The fraction of sp³-hybridized carbons (Fsp3) is 0.882. The predicted molar refractivity (Wildman–Crippen MR) is 86.0 cm³/mol. The molecule has 1 N–H and O–H groups in total. The van der Waals surface area contributed by atoms with E-state index in [0.717, 1.165) is 31.3 Å². The maximum atomic E-state index is 10.4. The molecule has 23 heavy (non-hydrogen) atoms. The van der Waals surface area contributed by atoms with Crippen LogP contribution in [0.15, 0.2) is 4.52 Å². The highest BCUT2D eigenvalue weighted by Gasteiger charge is 2.36. The zero-order valence-electron chi connectivity index (χ0n) is 13.9. The Bertz CT molecular complexity index is 508. The van der Waals surface area contributed by atoms with E-state index >= 15 is 0 Å². The van der Waals surface area contributed by atoms with Crippen molar-refractivity contribution in [2.24, 2.45) is 0 Å². The maximum Gasteiger partial charge on any atom is 0.229 e. The first-order chi connectivity index (χ1) is 11.3. The minimum Gasteiger partial charge on any atom is -0.390 e. The second-order valence-corrected chi connectivity index (χ2v) is 7.46. The largest absolute Gasteiger partial charge is 0.390 e. The van der Waals surface area contributed by atoms with Crippen LogP contribution in [0.1, 0.15) is 62.6 Å². The lowest BCUT2D eigenvalue weighted by molar-refractivity contribution is 0.0706. The molecular weight excluding hydrogens is 292 g/mol. The van der Waals surface area contributed by atoms with Crippen molar-refractivity contribution in [1.82, 2.24) is 19.9 Å². The highest BCUT2D eigenvalue weighted by molar-refractivity contribution is 4.98. The van der Waals surface area contributed by atoms with Gasteiger partial charge in [-0.2, -0.15) is 4.98 Å². The number of rotatable bonds is 4. The van der Waals surface area contributed by atoms with Crippen LogP contribution in [-0.4, -0.2) is 63.4 Å². The Balaban J connectivity index is 1.34. The second-order valence-electron chi connectivity index (χ2n) is 7.46. The molecule has 0 aromatic carbocycles. The summed E-state index contributed by atoms with van der Waals surface area (Å²) in [5, 5.41) is 14.6. The molecule has 1 aromatic rings. The summed E-state index contributed by atoms with van der Waals surface area (Å²) in [5.74, 6) is 2.07. The molecule has 1 aliphatic carbocycles. The second kappa shape index (κ2) is 6.87. The number of aliphatic hydroxyl groups excluding tert-OH is 1. The number of piperidine rings is 1. The van der Waals surface area contributed by atoms with E-state index in [4.69, 9.17) is 4.52 Å². The zero-order chi connectivity index (χ0) is 15.6. The van der Waals surface area contributed by atoms with Crippen molar-refractivity contribution in [1.29, 1.82) is 0 Å². The molecule has 3 aliphatic rings. The van der Waals surface area contributed by atoms with Crippen molar-refractivity contribution < 1.29 is 9.63 Å². The summed E-state index contributed by atoms with van der Waals surface area (Å²) in [6, 6.07) is 0.275. The van der Waals surface area contributed by atoms with E-state index in [1.165, 1.54) is 44.9 Å². The fourth-order valence-electron chi connectivity index (χ4n) is 4.46. The predicted octanol–water partition coefficient (Wildman–Crippen LogP) is 1.76. The van der Waals surface area contributed by atoms with Gasteiger partial charge in [0.05, 0.1) is 12.6 Å². The first kappa shape index (κ1) is 15.5. The quantitative estimate of drug-likeness (QED) is 0.912. The molecule has 0 amide bonds. The van der Waals surface area contributed by atoms with Gasteiger partial charge in [0.1, 0.15) is 0 Å². The molecule has 2 aliphatic heterocycles. The highest BCUT2D eigenvalue weighted by Crippen LogP contribution is 2.33. The standard InChI is InChI=1S/C17H28N4O2/c22-15-11-20(10-14(15)21-8-4-1-5-9-21)12-16-18-17(23-19-16)13-6-2-3-7-13/h13-15,22H,1-12H2/t14-,15-/m1/s1. The molecule has 0 spiro atoms. The van der Waals surface area contributed by atoms with Crippen molar-refractivity contribution in [3.05, 3.63) is 11.7 Å². The average Bonchev–Trinajstić information content (AvgIpc) is 3.29. The first-order valence-corrected chi connectivity index (χ1v) is 9.26. The van der Waals surface area contributed by atoms with Crippen LogP contribution in [0.25, 0.3) is 0 Å². The van der Waals surface area contributed by atoms with Crippen LogP contribution in [0.4, 0.5) is 0 Å². The van der Waals surface area contributed by atoms with Crippen molar-refractivity contribution >= 4 is 0 Å². The van der Waals surface area contributed by atoms with E-state index in [1.807, 2.05) is 0 Å². The van der Waals surface area contributed by atoms with Crippen molar-refractivity contribution in [2.45, 2.75) is 69.6 Å². The van der Waals surface area contributed by atoms with Gasteiger partial charge in [0.25, 0.3) is 0 Å². The molecule has 4 rings (SSSR count). The van der Waals surface area contributed by atoms with E-state index in [9.17, 15) is 5.11 Å². The van der Waals surface area contributed by atoms with E-state index in [2.05, 4.69) is 19.9 Å². The summed E-state index contributed by atoms with van der Waals surface area (Å²) in [6.07, 6.45) is 8.51. The number of β-amino-alcohol motifs (C(OH)–C–C–N with tert-alkyl or cyclic N) is 1. The Kier molecular flexibility index (Phi) is 4.64. The van der Waals surface area contributed by atoms with Gasteiger partial charge in [0.15, 0.2) is 5.82 Å². The third-order valence-corrected chi connectivity index (χ3v) is 5.75. The molecule has 2 saturated heterocycles. The first-order valence-electron chi connectivity index (χ1n) is 9.26. The Morgan fingerprint density at radius 1 is 1.04 bits per heavy atom. The summed E-state index contributed by atoms with van der Waals surface area (Å²) in [6.45, 7) is 4.58. The molecule has 2 atom stereocenters. The molecule has 1 aromatic heterocycles. The Hall–Kier alpha value is -0.980. The van der Waals surface area contributed by atoms with Gasteiger partial charge in [-0.25, -0.2) is 0 Å². The minimum absolute atomic E-state index is 0.255. The van der Waals surface area contributed by atoms with Gasteiger partial charge in [-0.1, -0.05) is 24.4 Å². The third-order valence-electron chi connectivity index (χ3n) is 5.75. The molecule has 6 heteroatoms. The van der Waals surface area contributed by atoms with Crippen LogP contribution in [0.3, 0.4) is 0 Å². The van der Waals surface area contributed by atoms with Gasteiger partial charge >= 0.3 is 0 Å². The van der Waals surface area contributed by atoms with Crippen molar-refractivity contribution in [2.75, 3.05) is 26.2 Å². The molecule has 3 fully saturated rings. The lowest BCUT2D eigenvalue weighted by Gasteiger charge is -2.33. The minimum atomic E-state index is -0.255. The van der Waals surface area contributed by atoms with Gasteiger partial charge in [-0.15, -0.1) is 0 Å².